The molecule has 0 saturated carbocycles. The molecule has 1 aromatic carbocycles. The van der Waals surface area contributed by atoms with Gasteiger partial charge in [-0.05, 0) is 13.1 Å². The van der Waals surface area contributed by atoms with Crippen LogP contribution in [0.15, 0.2) is 18.2 Å². The lowest BCUT2D eigenvalue weighted by Gasteiger charge is -2.15. The second-order valence-corrected chi connectivity index (χ2v) is 3.62. The van der Waals surface area contributed by atoms with Crippen molar-refractivity contribution in [2.45, 2.75) is 13.0 Å². The number of hydrogen-bond acceptors (Lipinski definition) is 2. The molecule has 3 nitrogen and oxygen atoms in total. The number of halogens is 2. The molecule has 1 N–H and O–H groups in total. The maximum absolute atomic E-state index is 13.2. The molecule has 0 heterocycles. The number of nitrogens with zero attached hydrogens (tertiary/aromatic N) is 1. The zero-order valence-corrected chi connectivity index (χ0v) is 8.91. The van der Waals surface area contributed by atoms with E-state index in [0.717, 1.165) is 6.07 Å². The van der Waals surface area contributed by atoms with Crippen LogP contribution in [-0.4, -0.2) is 29.6 Å². The monoisotopic (exact) mass is 229 g/mol. The van der Waals surface area contributed by atoms with E-state index in [4.69, 9.17) is 5.11 Å². The molecule has 0 fully saturated rings. The molecule has 0 aromatic heterocycles. The van der Waals surface area contributed by atoms with Crippen molar-refractivity contribution in [1.82, 2.24) is 4.90 Å². The summed E-state index contributed by atoms with van der Waals surface area (Å²) >= 11 is 0. The Labute approximate surface area is 92.3 Å². The summed E-state index contributed by atoms with van der Waals surface area (Å²) in [7, 11) is 1.69. The topological polar surface area (TPSA) is 40.5 Å². The molecule has 0 aliphatic carbocycles. The summed E-state index contributed by atoms with van der Waals surface area (Å²) in [5, 5.41) is 8.47. The predicted molar refractivity (Wildman–Crippen MR) is 54.9 cm³/mol. The summed E-state index contributed by atoms with van der Waals surface area (Å²) in [5.74, 6) is -2.12. The zero-order chi connectivity index (χ0) is 12.1. The minimum absolute atomic E-state index is 0.000681. The van der Waals surface area contributed by atoms with E-state index >= 15 is 0 Å². The van der Waals surface area contributed by atoms with Crippen LogP contribution in [0.25, 0.3) is 0 Å². The Balaban J connectivity index is 2.55. The molecule has 5 heteroatoms. The van der Waals surface area contributed by atoms with E-state index in [9.17, 15) is 13.6 Å². The number of carboxylic acids is 1. The Bertz CT molecular complexity index is 382. The van der Waals surface area contributed by atoms with Crippen LogP contribution in [0.2, 0.25) is 0 Å². The van der Waals surface area contributed by atoms with Crippen LogP contribution < -0.4 is 0 Å². The largest absolute Gasteiger partial charge is 0.481 e. The molecule has 0 saturated heterocycles. The fourth-order valence-electron chi connectivity index (χ4n) is 1.31. The molecule has 1 rings (SSSR count). The summed E-state index contributed by atoms with van der Waals surface area (Å²) in [6, 6.07) is 3.37. The van der Waals surface area contributed by atoms with Gasteiger partial charge < -0.3 is 10.0 Å². The van der Waals surface area contributed by atoms with Gasteiger partial charge in [-0.1, -0.05) is 6.07 Å². The van der Waals surface area contributed by atoms with Gasteiger partial charge in [0, 0.05) is 24.7 Å². The van der Waals surface area contributed by atoms with Gasteiger partial charge in [0.2, 0.25) is 0 Å². The Morgan fingerprint density at radius 2 is 2.12 bits per heavy atom. The zero-order valence-electron chi connectivity index (χ0n) is 8.91. The molecule has 1 aromatic rings. The summed E-state index contributed by atoms with van der Waals surface area (Å²) in [4.78, 5) is 12.0. The minimum Gasteiger partial charge on any atom is -0.481 e. The lowest BCUT2D eigenvalue weighted by atomic mass is 10.2. The Kier molecular flexibility index (Phi) is 4.37. The molecule has 0 aliphatic rings. The molecule has 0 amide bonds. The van der Waals surface area contributed by atoms with E-state index in [2.05, 4.69) is 0 Å². The highest BCUT2D eigenvalue weighted by atomic mass is 19.1. The van der Waals surface area contributed by atoms with Crippen LogP contribution in [0, 0.1) is 11.6 Å². The number of rotatable bonds is 5. The molecular weight excluding hydrogens is 216 g/mol. The third-order valence-corrected chi connectivity index (χ3v) is 2.16. The molecule has 0 aliphatic heterocycles. The number of carboxylic acid groups (broad SMARTS) is 1. The van der Waals surface area contributed by atoms with Gasteiger partial charge in [0.25, 0.3) is 0 Å². The van der Waals surface area contributed by atoms with Crippen LogP contribution in [0.4, 0.5) is 8.78 Å². The summed E-state index contributed by atoms with van der Waals surface area (Å²) < 4.78 is 25.8. The third kappa shape index (κ3) is 3.94. The van der Waals surface area contributed by atoms with Crippen LogP contribution in [0.1, 0.15) is 12.0 Å². The Hall–Kier alpha value is -1.49. The van der Waals surface area contributed by atoms with Crippen LogP contribution >= 0.6 is 0 Å². The van der Waals surface area contributed by atoms with Gasteiger partial charge in [0.05, 0.1) is 6.42 Å². The average molecular weight is 229 g/mol. The van der Waals surface area contributed by atoms with Crippen molar-refractivity contribution in [3.63, 3.8) is 0 Å². The number of aliphatic carboxylic acids is 1. The van der Waals surface area contributed by atoms with Crippen LogP contribution in [-0.2, 0) is 11.3 Å². The Morgan fingerprint density at radius 3 is 2.69 bits per heavy atom. The molecule has 88 valence electrons. The standard InChI is InChI=1S/C11H13F2NO2/c1-14(5-4-11(15)16)7-8-2-3-9(12)6-10(8)13/h2-3,6H,4-5,7H2,1H3,(H,15,16). The van der Waals surface area contributed by atoms with Gasteiger partial charge in [-0.15, -0.1) is 0 Å². The first-order valence-electron chi connectivity index (χ1n) is 4.83. The molecule has 0 atom stereocenters. The van der Waals surface area contributed by atoms with E-state index in [1.807, 2.05) is 0 Å². The van der Waals surface area contributed by atoms with Crippen molar-refractivity contribution in [2.24, 2.45) is 0 Å². The second kappa shape index (κ2) is 5.55. The van der Waals surface area contributed by atoms with Crippen molar-refractivity contribution in [2.75, 3.05) is 13.6 Å². The van der Waals surface area contributed by atoms with E-state index in [-0.39, 0.29) is 13.0 Å². The molecule has 16 heavy (non-hydrogen) atoms. The van der Waals surface area contributed by atoms with Crippen molar-refractivity contribution in [1.29, 1.82) is 0 Å². The Morgan fingerprint density at radius 1 is 1.44 bits per heavy atom. The third-order valence-electron chi connectivity index (χ3n) is 2.16. The highest BCUT2D eigenvalue weighted by Gasteiger charge is 2.08. The van der Waals surface area contributed by atoms with Gasteiger partial charge in [-0.25, -0.2) is 8.78 Å². The lowest BCUT2D eigenvalue weighted by molar-refractivity contribution is -0.137. The summed E-state index contributed by atoms with van der Waals surface area (Å²) in [5.41, 5.74) is 0.356. The van der Waals surface area contributed by atoms with Gasteiger partial charge in [-0.2, -0.15) is 0 Å². The maximum Gasteiger partial charge on any atom is 0.304 e. The number of hydrogen-bond donors (Lipinski definition) is 1. The van der Waals surface area contributed by atoms with Gasteiger partial charge in [0.15, 0.2) is 0 Å². The highest BCUT2D eigenvalue weighted by molar-refractivity contribution is 5.66. The first kappa shape index (κ1) is 12.6. The van der Waals surface area contributed by atoms with Crippen molar-refractivity contribution in [3.8, 4) is 0 Å². The molecule has 0 radical (unpaired) electrons. The second-order valence-electron chi connectivity index (χ2n) is 3.62. The average Bonchev–Trinajstić information content (AvgIpc) is 2.19. The quantitative estimate of drug-likeness (QED) is 0.838. The first-order chi connectivity index (χ1) is 7.49. The predicted octanol–water partition coefficient (Wildman–Crippen LogP) is 1.87. The van der Waals surface area contributed by atoms with E-state index in [1.54, 1.807) is 11.9 Å². The highest BCUT2D eigenvalue weighted by Crippen LogP contribution is 2.11. The van der Waals surface area contributed by atoms with Crippen molar-refractivity contribution in [3.05, 3.63) is 35.4 Å². The van der Waals surface area contributed by atoms with E-state index in [0.29, 0.717) is 12.1 Å². The van der Waals surface area contributed by atoms with Crippen LogP contribution in [0.5, 0.6) is 0 Å². The fourth-order valence-corrected chi connectivity index (χ4v) is 1.31. The summed E-state index contributed by atoms with van der Waals surface area (Å²) in [6.45, 7) is 0.589. The van der Waals surface area contributed by atoms with Gasteiger partial charge >= 0.3 is 5.97 Å². The van der Waals surface area contributed by atoms with Crippen LogP contribution in [0.3, 0.4) is 0 Å². The number of benzene rings is 1. The van der Waals surface area contributed by atoms with Crippen molar-refractivity contribution < 1.29 is 18.7 Å². The minimum atomic E-state index is -0.897. The van der Waals surface area contributed by atoms with E-state index < -0.39 is 17.6 Å². The normalized spacial score (nSPS) is 10.8. The molecule has 0 spiro atoms. The van der Waals surface area contributed by atoms with Gasteiger partial charge in [-0.3, -0.25) is 4.79 Å². The molecule has 0 bridgehead atoms. The van der Waals surface area contributed by atoms with Crippen molar-refractivity contribution >= 4 is 5.97 Å². The van der Waals surface area contributed by atoms with Gasteiger partial charge in [0.1, 0.15) is 11.6 Å². The SMILES string of the molecule is CN(CCC(=O)O)Cc1ccc(F)cc1F. The smallest absolute Gasteiger partial charge is 0.304 e. The maximum atomic E-state index is 13.2. The lowest BCUT2D eigenvalue weighted by Crippen LogP contribution is -2.21. The number of carbonyl (C=O) groups is 1. The first-order valence-corrected chi connectivity index (χ1v) is 4.83. The fraction of sp³-hybridized carbons (Fsp3) is 0.364. The summed E-state index contributed by atoms with van der Waals surface area (Å²) in [6.07, 6.45) is -0.000681. The molecular formula is C11H13F2NO2. The molecule has 0 unspecified atom stereocenters. The van der Waals surface area contributed by atoms with E-state index in [1.165, 1.54) is 12.1 Å².